The van der Waals surface area contributed by atoms with E-state index < -0.39 is 0 Å². The zero-order chi connectivity index (χ0) is 26.5. The zero-order valence-corrected chi connectivity index (χ0v) is 22.4. The highest BCUT2D eigenvalue weighted by atomic mass is 16.2. The van der Waals surface area contributed by atoms with Crippen molar-refractivity contribution >= 4 is 40.2 Å². The van der Waals surface area contributed by atoms with E-state index in [1.165, 1.54) is 0 Å². The summed E-state index contributed by atoms with van der Waals surface area (Å²) in [5, 5.41) is 10.7. The smallest absolute Gasteiger partial charge is 0.251 e. The van der Waals surface area contributed by atoms with Crippen LogP contribution < -0.4 is 20.9 Å². The quantitative estimate of drug-likeness (QED) is 0.381. The zero-order valence-electron chi connectivity index (χ0n) is 22.4. The first kappa shape index (κ1) is 25.9. The van der Waals surface area contributed by atoms with Crippen LogP contribution in [0.4, 0.5) is 17.5 Å². The lowest BCUT2D eigenvalue weighted by molar-refractivity contribution is -0.119. The van der Waals surface area contributed by atoms with Crippen molar-refractivity contribution in [1.29, 1.82) is 0 Å². The number of rotatable bonds is 8. The Hall–Kier alpha value is -3.68. The third-order valence-electron chi connectivity index (χ3n) is 7.86. The predicted molar refractivity (Wildman–Crippen MR) is 153 cm³/mol. The fourth-order valence-electron chi connectivity index (χ4n) is 5.67. The highest BCUT2D eigenvalue weighted by Gasteiger charge is 2.24. The van der Waals surface area contributed by atoms with Crippen LogP contribution in [-0.2, 0) is 4.79 Å². The van der Waals surface area contributed by atoms with E-state index in [1.807, 2.05) is 49.3 Å². The molecule has 0 bridgehead atoms. The van der Waals surface area contributed by atoms with Crippen molar-refractivity contribution in [2.75, 3.05) is 36.2 Å². The number of nitrogens with one attached hydrogen (secondary N) is 3. The molecule has 8 nitrogen and oxygen atoms in total. The van der Waals surface area contributed by atoms with Crippen LogP contribution in [0.2, 0.25) is 0 Å². The van der Waals surface area contributed by atoms with Crippen LogP contribution >= 0.6 is 0 Å². The molecule has 0 unspecified atom stereocenters. The summed E-state index contributed by atoms with van der Waals surface area (Å²) < 4.78 is 0. The van der Waals surface area contributed by atoms with Crippen molar-refractivity contribution < 1.29 is 9.59 Å². The van der Waals surface area contributed by atoms with Gasteiger partial charge < -0.3 is 20.9 Å². The van der Waals surface area contributed by atoms with E-state index in [4.69, 9.17) is 9.97 Å². The Balaban J connectivity index is 1.10. The molecule has 1 aromatic heterocycles. The van der Waals surface area contributed by atoms with Gasteiger partial charge in [0.2, 0.25) is 11.9 Å². The molecular formula is C30H38N6O2. The molecular weight excluding hydrogens is 476 g/mol. The summed E-state index contributed by atoms with van der Waals surface area (Å²) in [5.74, 6) is 2.10. The molecule has 2 fully saturated rings. The van der Waals surface area contributed by atoms with Crippen LogP contribution in [0.25, 0.3) is 10.9 Å². The Morgan fingerprint density at radius 2 is 1.68 bits per heavy atom. The van der Waals surface area contributed by atoms with Gasteiger partial charge in [-0.1, -0.05) is 31.0 Å². The van der Waals surface area contributed by atoms with Crippen LogP contribution in [0.5, 0.6) is 0 Å². The number of carbonyl (C=O) groups is 2. The second-order valence-electron chi connectivity index (χ2n) is 10.9. The topological polar surface area (TPSA) is 99.3 Å². The molecule has 0 saturated heterocycles. The van der Waals surface area contributed by atoms with E-state index in [1.54, 1.807) is 12.1 Å². The minimum atomic E-state index is -0.0945. The largest absolute Gasteiger partial charge is 0.362 e. The fourth-order valence-corrected chi connectivity index (χ4v) is 5.67. The van der Waals surface area contributed by atoms with Crippen molar-refractivity contribution in [2.24, 2.45) is 11.8 Å². The van der Waals surface area contributed by atoms with E-state index in [-0.39, 0.29) is 17.7 Å². The van der Waals surface area contributed by atoms with Gasteiger partial charge in [0.05, 0.1) is 5.52 Å². The molecule has 200 valence electrons. The van der Waals surface area contributed by atoms with Crippen LogP contribution in [0, 0.1) is 11.8 Å². The molecule has 2 aromatic carbocycles. The Bertz CT molecular complexity index is 1280. The molecule has 2 aliphatic rings. The SMILES string of the molecule is CN(C)c1nc(NC2CCC(CNC(=O)c3cccc(NC(=O)C4CCCC4)c3)CC2)nc2ccccc12. The standard InChI is InChI=1S/C30H38N6O2/c1-36(2)27-25-12-5-6-13-26(25)34-30(35-27)33-23-16-14-20(15-17-23)19-31-28(37)22-10-7-11-24(18-22)32-29(38)21-8-3-4-9-21/h5-7,10-13,18,20-21,23H,3-4,8-9,14-17,19H2,1-2H3,(H,31,37)(H,32,38)(H,33,34,35). The lowest BCUT2D eigenvalue weighted by atomic mass is 9.86. The van der Waals surface area contributed by atoms with Crippen LogP contribution in [0.3, 0.4) is 0 Å². The van der Waals surface area contributed by atoms with Crippen molar-refractivity contribution in [1.82, 2.24) is 15.3 Å². The Morgan fingerprint density at radius 3 is 2.45 bits per heavy atom. The molecule has 2 amide bonds. The maximum absolute atomic E-state index is 12.8. The summed E-state index contributed by atoms with van der Waals surface area (Å²) in [4.78, 5) is 36.8. The van der Waals surface area contributed by atoms with Gasteiger partial charge in [-0.15, -0.1) is 0 Å². The van der Waals surface area contributed by atoms with E-state index in [2.05, 4.69) is 22.0 Å². The van der Waals surface area contributed by atoms with Crippen molar-refractivity contribution in [2.45, 2.75) is 57.4 Å². The summed E-state index contributed by atoms with van der Waals surface area (Å²) in [5.41, 5.74) is 2.21. The number of fused-ring (bicyclic) bond motifs is 1. The lowest BCUT2D eigenvalue weighted by Crippen LogP contribution is -2.34. The molecule has 5 rings (SSSR count). The fraction of sp³-hybridized carbons (Fsp3) is 0.467. The van der Waals surface area contributed by atoms with Gasteiger partial charge in [-0.3, -0.25) is 9.59 Å². The third-order valence-corrected chi connectivity index (χ3v) is 7.86. The van der Waals surface area contributed by atoms with E-state index in [0.29, 0.717) is 35.7 Å². The van der Waals surface area contributed by atoms with E-state index in [9.17, 15) is 9.59 Å². The maximum Gasteiger partial charge on any atom is 0.251 e. The van der Waals surface area contributed by atoms with Gasteiger partial charge in [0.25, 0.3) is 5.91 Å². The maximum atomic E-state index is 12.8. The molecule has 1 heterocycles. The van der Waals surface area contributed by atoms with Gasteiger partial charge >= 0.3 is 0 Å². The number of amides is 2. The molecule has 0 spiro atoms. The second-order valence-corrected chi connectivity index (χ2v) is 10.9. The van der Waals surface area contributed by atoms with Crippen molar-refractivity contribution in [3.05, 3.63) is 54.1 Å². The third kappa shape index (κ3) is 6.23. The van der Waals surface area contributed by atoms with Crippen LogP contribution in [0.15, 0.2) is 48.5 Å². The van der Waals surface area contributed by atoms with Gasteiger partial charge in [-0.2, -0.15) is 4.98 Å². The summed E-state index contributed by atoms with van der Waals surface area (Å²) in [6, 6.07) is 15.6. The molecule has 0 aliphatic heterocycles. The predicted octanol–water partition coefficient (Wildman–Crippen LogP) is 5.23. The number of hydrogen-bond acceptors (Lipinski definition) is 6. The summed E-state index contributed by atoms with van der Waals surface area (Å²) in [7, 11) is 4.00. The molecule has 0 atom stereocenters. The second kappa shape index (κ2) is 11.8. The number of nitrogens with zero attached hydrogens (tertiary/aromatic N) is 3. The van der Waals surface area contributed by atoms with E-state index >= 15 is 0 Å². The monoisotopic (exact) mass is 514 g/mol. The van der Waals surface area contributed by atoms with E-state index in [0.717, 1.165) is 68.1 Å². The summed E-state index contributed by atoms with van der Waals surface area (Å²) in [6.45, 7) is 0.654. The molecule has 0 radical (unpaired) electrons. The molecule has 3 N–H and O–H groups in total. The van der Waals surface area contributed by atoms with Gasteiger partial charge in [0, 0.05) is 49.2 Å². The first-order valence-corrected chi connectivity index (χ1v) is 13.9. The Kier molecular flexibility index (Phi) is 8.05. The summed E-state index contributed by atoms with van der Waals surface area (Å²) >= 11 is 0. The normalized spacial score (nSPS) is 19.7. The van der Waals surface area contributed by atoms with Crippen LogP contribution in [-0.4, -0.2) is 48.5 Å². The highest BCUT2D eigenvalue weighted by Crippen LogP contribution is 2.29. The lowest BCUT2D eigenvalue weighted by Gasteiger charge is -2.29. The minimum Gasteiger partial charge on any atom is -0.362 e. The van der Waals surface area contributed by atoms with Crippen molar-refractivity contribution in [3.8, 4) is 0 Å². The number of carbonyl (C=O) groups excluding carboxylic acids is 2. The molecule has 3 aromatic rings. The molecule has 2 saturated carbocycles. The molecule has 38 heavy (non-hydrogen) atoms. The average Bonchev–Trinajstić information content (AvgIpc) is 3.48. The van der Waals surface area contributed by atoms with Gasteiger partial charge in [0.15, 0.2) is 0 Å². The number of para-hydroxylation sites is 1. The van der Waals surface area contributed by atoms with Gasteiger partial charge in [-0.25, -0.2) is 4.98 Å². The molecule has 2 aliphatic carbocycles. The number of anilines is 3. The number of benzene rings is 2. The van der Waals surface area contributed by atoms with Crippen molar-refractivity contribution in [3.63, 3.8) is 0 Å². The average molecular weight is 515 g/mol. The first-order chi connectivity index (χ1) is 18.5. The number of hydrogen-bond donors (Lipinski definition) is 3. The Labute approximate surface area is 224 Å². The van der Waals surface area contributed by atoms with Gasteiger partial charge in [-0.05, 0) is 74.8 Å². The minimum absolute atomic E-state index is 0.0671. The highest BCUT2D eigenvalue weighted by molar-refractivity contribution is 5.97. The first-order valence-electron chi connectivity index (χ1n) is 13.9. The molecule has 8 heteroatoms. The Morgan fingerprint density at radius 1 is 0.921 bits per heavy atom. The number of aromatic nitrogens is 2. The summed E-state index contributed by atoms with van der Waals surface area (Å²) in [6.07, 6.45) is 8.23. The van der Waals surface area contributed by atoms with Gasteiger partial charge in [0.1, 0.15) is 5.82 Å². The van der Waals surface area contributed by atoms with Crippen LogP contribution in [0.1, 0.15) is 61.7 Å².